The molecule has 2 aliphatic rings. The van der Waals surface area contributed by atoms with Gasteiger partial charge in [0.1, 0.15) is 0 Å². The number of thioether (sulfide) groups is 1. The van der Waals surface area contributed by atoms with Gasteiger partial charge in [0, 0.05) is 0 Å². The molecule has 1 saturated carbocycles. The van der Waals surface area contributed by atoms with Crippen LogP contribution >= 0.6 is 11.8 Å². The Morgan fingerprint density at radius 2 is 1.56 bits per heavy atom. The first kappa shape index (κ1) is 26.6. The highest BCUT2D eigenvalue weighted by Gasteiger charge is 2.15. The van der Waals surface area contributed by atoms with Gasteiger partial charge in [-0.1, -0.05) is 74.0 Å². The van der Waals surface area contributed by atoms with E-state index in [1.807, 2.05) is 25.6 Å². The van der Waals surface area contributed by atoms with Crippen molar-refractivity contribution in [2.45, 2.75) is 85.5 Å². The average Bonchev–Trinajstić information content (AvgIpc) is 3.19. The number of aryl methyl sites for hydroxylation is 4. The second kappa shape index (κ2) is 13.8. The highest BCUT2D eigenvalue weighted by atomic mass is 32.2. The topological polar surface area (TPSA) is 0 Å². The number of benzene rings is 2. The lowest BCUT2D eigenvalue weighted by Crippen LogP contribution is -1.95. The zero-order valence-electron chi connectivity index (χ0n) is 22.2. The van der Waals surface area contributed by atoms with Gasteiger partial charge in [-0.3, -0.25) is 0 Å². The van der Waals surface area contributed by atoms with Crippen molar-refractivity contribution in [1.29, 1.82) is 0 Å². The molecule has 0 amide bonds. The van der Waals surface area contributed by atoms with Crippen molar-refractivity contribution in [3.8, 4) is 11.1 Å². The Balaban J connectivity index is 0.00000158. The smallest absolute Gasteiger partial charge is 0.00702 e. The number of fused-ring (bicyclic) bond motifs is 1. The van der Waals surface area contributed by atoms with Crippen molar-refractivity contribution >= 4 is 11.8 Å². The molecular weight excluding hydrogens is 428 g/mol. The van der Waals surface area contributed by atoms with Crippen molar-refractivity contribution < 1.29 is 0 Å². The fourth-order valence-electron chi connectivity index (χ4n) is 5.40. The molecule has 0 aliphatic heterocycles. The molecule has 1 heteroatoms. The summed E-state index contributed by atoms with van der Waals surface area (Å²) in [7, 11) is 0. The van der Waals surface area contributed by atoms with Crippen molar-refractivity contribution in [1.82, 2.24) is 0 Å². The Kier molecular flexibility index (Phi) is 10.8. The lowest BCUT2D eigenvalue weighted by molar-refractivity contribution is 0.802. The van der Waals surface area contributed by atoms with E-state index < -0.39 is 0 Å². The summed E-state index contributed by atoms with van der Waals surface area (Å²) in [6.45, 7) is 8.57. The number of hydrogen-bond acceptors (Lipinski definition) is 1. The first-order chi connectivity index (χ1) is 16.6. The summed E-state index contributed by atoms with van der Waals surface area (Å²) in [6.07, 6.45) is 20.6. The monoisotopic (exact) mass is 472 g/mol. The van der Waals surface area contributed by atoms with Crippen LogP contribution in [0.3, 0.4) is 0 Å². The molecule has 0 aromatic heterocycles. The minimum atomic E-state index is 1.10. The van der Waals surface area contributed by atoms with Gasteiger partial charge in [-0.25, -0.2) is 0 Å². The summed E-state index contributed by atoms with van der Waals surface area (Å²) in [5, 5.41) is 0. The quantitative estimate of drug-likeness (QED) is 0.327. The van der Waals surface area contributed by atoms with E-state index in [2.05, 4.69) is 74.7 Å². The Hall–Kier alpha value is -1.99. The lowest BCUT2D eigenvalue weighted by atomic mass is 9.91. The Bertz CT molecular complexity index is 1010. The molecule has 0 nitrogen and oxygen atoms in total. The van der Waals surface area contributed by atoms with Gasteiger partial charge in [-0.05, 0) is 128 Å². The van der Waals surface area contributed by atoms with E-state index in [-0.39, 0.29) is 0 Å². The molecule has 0 bridgehead atoms. The molecule has 4 rings (SSSR count). The van der Waals surface area contributed by atoms with E-state index in [0.717, 1.165) is 19.3 Å². The van der Waals surface area contributed by atoms with Crippen LogP contribution in [-0.2, 0) is 12.8 Å². The first-order valence-electron chi connectivity index (χ1n) is 13.4. The van der Waals surface area contributed by atoms with E-state index >= 15 is 0 Å². The molecule has 0 atom stereocenters. The molecule has 0 N–H and O–H groups in total. The van der Waals surface area contributed by atoms with Crippen molar-refractivity contribution in [2.24, 2.45) is 0 Å². The molecule has 2 aliphatic carbocycles. The minimum Gasteiger partial charge on any atom is -0.165 e. The number of unbranched alkanes of at least 4 members (excludes halogenated alkanes) is 1. The SMILES string of the molecule is CC.CSCCCCc1cc(C)c(-c2cccc(CCC3=CCC=C4CCCC4=C3)c2)c(C)c1. The predicted octanol–water partition coefficient (Wildman–Crippen LogP) is 9.98. The summed E-state index contributed by atoms with van der Waals surface area (Å²) >= 11 is 1.95. The van der Waals surface area contributed by atoms with Gasteiger partial charge in [-0.2, -0.15) is 11.8 Å². The normalized spacial score (nSPS) is 14.9. The van der Waals surface area contributed by atoms with Crippen LogP contribution in [0.25, 0.3) is 11.1 Å². The molecule has 0 heterocycles. The fraction of sp³-hybridized carbons (Fsp3) is 0.455. The third-order valence-electron chi connectivity index (χ3n) is 6.98. The maximum atomic E-state index is 2.49. The van der Waals surface area contributed by atoms with Crippen molar-refractivity contribution in [3.63, 3.8) is 0 Å². The molecule has 2 aromatic rings. The Labute approximate surface area is 213 Å². The zero-order valence-corrected chi connectivity index (χ0v) is 23.0. The van der Waals surface area contributed by atoms with Crippen LogP contribution < -0.4 is 0 Å². The van der Waals surface area contributed by atoms with E-state index in [9.17, 15) is 0 Å². The highest BCUT2D eigenvalue weighted by molar-refractivity contribution is 7.98. The Morgan fingerprint density at radius 3 is 2.32 bits per heavy atom. The number of rotatable bonds is 9. The summed E-state index contributed by atoms with van der Waals surface area (Å²) in [6, 6.07) is 14.1. The largest absolute Gasteiger partial charge is 0.165 e. The molecule has 182 valence electrons. The van der Waals surface area contributed by atoms with Gasteiger partial charge in [0.2, 0.25) is 0 Å². The molecule has 0 saturated heterocycles. The third-order valence-corrected chi connectivity index (χ3v) is 7.68. The van der Waals surface area contributed by atoms with Crippen LogP contribution in [0.5, 0.6) is 0 Å². The van der Waals surface area contributed by atoms with Crippen LogP contribution in [0.4, 0.5) is 0 Å². The van der Waals surface area contributed by atoms with Crippen LogP contribution in [0.15, 0.2) is 71.3 Å². The highest BCUT2D eigenvalue weighted by Crippen LogP contribution is 2.34. The van der Waals surface area contributed by atoms with Gasteiger partial charge in [0.15, 0.2) is 0 Å². The second-order valence-electron chi connectivity index (χ2n) is 9.52. The molecule has 34 heavy (non-hydrogen) atoms. The van der Waals surface area contributed by atoms with Gasteiger partial charge in [0.05, 0.1) is 0 Å². The van der Waals surface area contributed by atoms with Crippen molar-refractivity contribution in [3.05, 3.63) is 93.6 Å². The Morgan fingerprint density at radius 1 is 0.794 bits per heavy atom. The molecule has 0 radical (unpaired) electrons. The van der Waals surface area contributed by atoms with E-state index in [4.69, 9.17) is 0 Å². The molecule has 0 spiro atoms. The first-order valence-corrected chi connectivity index (χ1v) is 14.8. The fourth-order valence-corrected chi connectivity index (χ4v) is 5.89. The molecule has 1 fully saturated rings. The van der Waals surface area contributed by atoms with E-state index in [1.54, 1.807) is 11.1 Å². The van der Waals surface area contributed by atoms with Gasteiger partial charge in [0.25, 0.3) is 0 Å². The number of hydrogen-bond donors (Lipinski definition) is 0. The van der Waals surface area contributed by atoms with Gasteiger partial charge >= 0.3 is 0 Å². The van der Waals surface area contributed by atoms with Crippen LogP contribution in [0, 0.1) is 13.8 Å². The average molecular weight is 473 g/mol. The summed E-state index contributed by atoms with van der Waals surface area (Å²) < 4.78 is 0. The molecular formula is C33H44S. The van der Waals surface area contributed by atoms with Crippen LogP contribution in [0.1, 0.15) is 81.0 Å². The van der Waals surface area contributed by atoms with Crippen molar-refractivity contribution in [2.75, 3.05) is 12.0 Å². The van der Waals surface area contributed by atoms with E-state index in [1.165, 1.54) is 83.2 Å². The van der Waals surface area contributed by atoms with Crippen LogP contribution in [-0.4, -0.2) is 12.0 Å². The number of allylic oxidation sites excluding steroid dienone is 6. The summed E-state index contributed by atoms with van der Waals surface area (Å²) in [5.74, 6) is 1.27. The lowest BCUT2D eigenvalue weighted by Gasteiger charge is -2.14. The summed E-state index contributed by atoms with van der Waals surface area (Å²) in [4.78, 5) is 0. The van der Waals surface area contributed by atoms with E-state index in [0.29, 0.717) is 0 Å². The van der Waals surface area contributed by atoms with Gasteiger partial charge < -0.3 is 0 Å². The van der Waals surface area contributed by atoms with Crippen LogP contribution in [0.2, 0.25) is 0 Å². The standard InChI is InChI=1S/C31H38S.C2H6/c1-23-19-27(9-4-5-18-32-3)20-24(2)31(23)30-15-7-11-26(22-30)17-16-25-10-6-12-28-13-8-14-29(28)21-25;1-2/h7,10-12,15,19-22H,4-6,8-9,13-14,16-18H2,1-3H3;1-2H3. The molecule has 2 aromatic carbocycles. The molecule has 0 unspecified atom stereocenters. The second-order valence-corrected chi connectivity index (χ2v) is 10.5. The zero-order chi connectivity index (χ0) is 24.3. The third kappa shape index (κ3) is 7.25. The maximum absolute atomic E-state index is 2.49. The predicted molar refractivity (Wildman–Crippen MR) is 155 cm³/mol. The van der Waals surface area contributed by atoms with Gasteiger partial charge in [-0.15, -0.1) is 0 Å². The minimum absolute atomic E-state index is 1.10. The maximum Gasteiger partial charge on any atom is -0.00702 e. The summed E-state index contributed by atoms with van der Waals surface area (Å²) in [5.41, 5.74) is 13.3.